The van der Waals surface area contributed by atoms with Crippen molar-refractivity contribution >= 4 is 62.4 Å². The fourth-order valence-corrected chi connectivity index (χ4v) is 8.92. The van der Waals surface area contributed by atoms with Gasteiger partial charge in [0.25, 0.3) is 0 Å². The van der Waals surface area contributed by atoms with Gasteiger partial charge in [-0.3, -0.25) is 0 Å². The number of hydrogen-bond acceptors (Lipinski definition) is 4. The third-order valence-electron chi connectivity index (χ3n) is 6.53. The van der Waals surface area contributed by atoms with Gasteiger partial charge in [0.1, 0.15) is 0 Å². The van der Waals surface area contributed by atoms with Crippen LogP contribution in [-0.4, -0.2) is 32.5 Å². The number of para-hydroxylation sites is 2. The zero-order valence-corrected chi connectivity index (χ0v) is 20.6. The van der Waals surface area contributed by atoms with E-state index in [-0.39, 0.29) is 11.6 Å². The van der Waals surface area contributed by atoms with Crippen LogP contribution in [0.1, 0.15) is 32.9 Å². The van der Waals surface area contributed by atoms with Gasteiger partial charge in [-0.05, 0) is 11.4 Å². The van der Waals surface area contributed by atoms with E-state index in [1.165, 1.54) is 46.8 Å². The molecule has 0 unspecified atom stereocenters. The van der Waals surface area contributed by atoms with Gasteiger partial charge in [-0.2, -0.15) is 0 Å². The first-order valence-electron chi connectivity index (χ1n) is 10.9. The van der Waals surface area contributed by atoms with Gasteiger partial charge in [0, 0.05) is 0 Å². The van der Waals surface area contributed by atoms with Crippen LogP contribution >= 0.6 is 11.3 Å². The van der Waals surface area contributed by atoms with Gasteiger partial charge in [-0.1, -0.05) is 0 Å². The Bertz CT molecular complexity index is 1460. The summed E-state index contributed by atoms with van der Waals surface area (Å²) in [5, 5.41) is 1.81. The monoisotopic (exact) mass is 561 g/mol. The Morgan fingerprint density at radius 1 is 0.818 bits per heavy atom. The maximum atomic E-state index is 12.7. The van der Waals surface area contributed by atoms with Gasteiger partial charge in [0.05, 0.1) is 0 Å². The van der Waals surface area contributed by atoms with Gasteiger partial charge in [0.2, 0.25) is 0 Å². The number of ketones is 2. The standard InChI is InChI=1S/C28H17NO2STe/c30-26-20-9-10-32-28(20)27(31)21(26)13-16-11-17-14-19(15-18(17)12-16)29-22-5-1-3-7-24(22)33-25-8-4-2-6-23(25)29/h1-11,13,15H,12,14H2/b21-13+. The molecule has 3 nitrogen and oxygen atoms in total. The van der Waals surface area contributed by atoms with Crippen LogP contribution in [0, 0.1) is 0 Å². The number of nitrogens with zero attached hydrogens (tertiary/aromatic N) is 1. The number of allylic oxidation sites excluding steroid dienone is 7. The maximum absolute atomic E-state index is 12.7. The summed E-state index contributed by atoms with van der Waals surface area (Å²) in [6.45, 7) is 0. The van der Waals surface area contributed by atoms with E-state index < -0.39 is 20.9 Å². The third kappa shape index (κ3) is 2.93. The fourth-order valence-electron chi connectivity index (χ4n) is 5.06. The molecule has 7 rings (SSSR count). The predicted molar refractivity (Wildman–Crippen MR) is 134 cm³/mol. The number of carbonyl (C=O) groups excluding carboxylic acids is 2. The molecule has 0 fully saturated rings. The number of carbonyl (C=O) groups is 2. The van der Waals surface area contributed by atoms with Crippen LogP contribution in [0.2, 0.25) is 0 Å². The summed E-state index contributed by atoms with van der Waals surface area (Å²) in [6.07, 6.45) is 7.93. The minimum Gasteiger partial charge on any atom is -0.140 e. The average Bonchev–Trinajstić information content (AvgIpc) is 3.58. The number of benzene rings is 2. The Hall–Kier alpha value is -2.97. The minimum atomic E-state index is -0.393. The molecule has 0 radical (unpaired) electrons. The molecule has 158 valence electrons. The molecule has 4 aliphatic rings. The summed E-state index contributed by atoms with van der Waals surface area (Å²) in [5.74, 6) is -0.259. The summed E-state index contributed by atoms with van der Waals surface area (Å²) in [6, 6.07) is 19.3. The minimum absolute atomic E-state index is 0.125. The molecular weight excluding hydrogens is 542 g/mol. The van der Waals surface area contributed by atoms with Gasteiger partial charge < -0.3 is 0 Å². The normalized spacial score (nSPS) is 19.5. The van der Waals surface area contributed by atoms with Crippen molar-refractivity contribution in [1.82, 2.24) is 0 Å². The SMILES string of the molecule is O=C1/C(=C\C2=CC3=C(C=C(N4c5ccccc5[Te]c5ccccc54)C3)C2)C(=O)c2sccc21. The first-order chi connectivity index (χ1) is 16.2. The number of hydrogen-bond donors (Lipinski definition) is 0. The van der Waals surface area contributed by atoms with Crippen LogP contribution in [0.5, 0.6) is 0 Å². The van der Waals surface area contributed by atoms with E-state index >= 15 is 0 Å². The summed E-state index contributed by atoms with van der Waals surface area (Å²) in [7, 11) is 0. The van der Waals surface area contributed by atoms with Crippen molar-refractivity contribution in [2.45, 2.75) is 12.8 Å². The molecule has 0 spiro atoms. The Morgan fingerprint density at radius 2 is 1.52 bits per heavy atom. The number of rotatable bonds is 2. The molecule has 1 aliphatic heterocycles. The number of thiophene rings is 1. The van der Waals surface area contributed by atoms with Crippen molar-refractivity contribution in [3.8, 4) is 0 Å². The van der Waals surface area contributed by atoms with Crippen LogP contribution in [0.3, 0.4) is 0 Å². The van der Waals surface area contributed by atoms with Crippen LogP contribution in [0.15, 0.2) is 106 Å². The van der Waals surface area contributed by atoms with Crippen molar-refractivity contribution in [3.63, 3.8) is 0 Å². The zero-order valence-electron chi connectivity index (χ0n) is 17.5. The second kappa shape index (κ2) is 7.27. The Labute approximate surface area is 205 Å². The van der Waals surface area contributed by atoms with Crippen molar-refractivity contribution in [1.29, 1.82) is 0 Å². The summed E-state index contributed by atoms with van der Waals surface area (Å²) >= 11 is 0.961. The van der Waals surface area contributed by atoms with Crippen molar-refractivity contribution < 1.29 is 9.59 Å². The molecule has 0 saturated heterocycles. The second-order valence-corrected chi connectivity index (χ2v) is 12.5. The molecule has 3 aliphatic carbocycles. The molecule has 1 aromatic heterocycles. The van der Waals surface area contributed by atoms with E-state index in [0.717, 1.165) is 18.4 Å². The fraction of sp³-hybridized carbons (Fsp3) is 0.0714. The van der Waals surface area contributed by atoms with Crippen LogP contribution in [0.4, 0.5) is 11.4 Å². The van der Waals surface area contributed by atoms with Gasteiger partial charge in [0.15, 0.2) is 0 Å². The summed E-state index contributed by atoms with van der Waals surface area (Å²) in [5.41, 5.74) is 8.43. The molecule has 2 heterocycles. The Morgan fingerprint density at radius 3 is 2.21 bits per heavy atom. The third-order valence-corrected chi connectivity index (χ3v) is 10.7. The van der Waals surface area contributed by atoms with Crippen molar-refractivity contribution in [2.24, 2.45) is 0 Å². The van der Waals surface area contributed by atoms with E-state index in [0.29, 0.717) is 16.0 Å². The molecule has 0 saturated carbocycles. The number of anilines is 2. The van der Waals surface area contributed by atoms with Crippen molar-refractivity contribution in [2.75, 3.05) is 4.90 Å². The molecule has 3 aromatic rings. The van der Waals surface area contributed by atoms with E-state index in [1.807, 2.05) is 11.5 Å². The Kier molecular flexibility index (Phi) is 4.29. The van der Waals surface area contributed by atoms with E-state index in [4.69, 9.17) is 0 Å². The molecule has 0 atom stereocenters. The van der Waals surface area contributed by atoms with Gasteiger partial charge >= 0.3 is 184 Å². The van der Waals surface area contributed by atoms with Crippen LogP contribution in [-0.2, 0) is 0 Å². The molecule has 5 heteroatoms. The smallest absolute Gasteiger partial charge is 0.140 e. The van der Waals surface area contributed by atoms with Crippen LogP contribution in [0.25, 0.3) is 0 Å². The predicted octanol–water partition coefficient (Wildman–Crippen LogP) is 4.77. The molecule has 0 N–H and O–H groups in total. The number of fused-ring (bicyclic) bond motifs is 3. The quantitative estimate of drug-likeness (QED) is 0.258. The molecule has 0 bridgehead atoms. The van der Waals surface area contributed by atoms with E-state index in [9.17, 15) is 9.59 Å². The summed E-state index contributed by atoms with van der Waals surface area (Å²) in [4.78, 5) is 28.3. The topological polar surface area (TPSA) is 37.4 Å². The van der Waals surface area contributed by atoms with Crippen LogP contribution < -0.4 is 12.1 Å². The molecular formula is C28H17NO2STe. The van der Waals surface area contributed by atoms with Gasteiger partial charge in [-0.15, -0.1) is 11.3 Å². The first-order valence-corrected chi connectivity index (χ1v) is 14.1. The second-order valence-electron chi connectivity index (χ2n) is 8.51. The molecule has 33 heavy (non-hydrogen) atoms. The van der Waals surface area contributed by atoms with Crippen molar-refractivity contribution in [3.05, 3.63) is 117 Å². The number of Topliss-reactive ketones (excluding diaryl/α,β-unsaturated/α-hetero) is 2. The first kappa shape index (κ1) is 19.5. The molecule has 0 amide bonds. The van der Waals surface area contributed by atoms with E-state index in [1.54, 1.807) is 6.07 Å². The Balaban J connectivity index is 1.19. The van der Waals surface area contributed by atoms with E-state index in [2.05, 4.69) is 65.6 Å². The average molecular weight is 559 g/mol. The zero-order chi connectivity index (χ0) is 22.1. The van der Waals surface area contributed by atoms with Gasteiger partial charge in [-0.25, -0.2) is 0 Å². The molecule has 2 aromatic carbocycles. The summed E-state index contributed by atoms with van der Waals surface area (Å²) < 4.78 is 2.95.